The van der Waals surface area contributed by atoms with Crippen molar-refractivity contribution in [1.29, 1.82) is 0 Å². The zero-order valence-corrected chi connectivity index (χ0v) is 17.3. The molecule has 0 bridgehead atoms. The highest BCUT2D eigenvalue weighted by molar-refractivity contribution is 7.10. The molecule has 2 aromatic carbocycles. The zero-order chi connectivity index (χ0) is 20.3. The molecule has 2 nitrogen and oxygen atoms in total. The Morgan fingerprint density at radius 3 is 2.76 bits per heavy atom. The quantitative estimate of drug-likeness (QED) is 0.468. The highest BCUT2D eigenvalue weighted by Crippen LogP contribution is 2.50. The van der Waals surface area contributed by atoms with Crippen LogP contribution in [0.5, 0.6) is 5.75 Å². The van der Waals surface area contributed by atoms with Crippen molar-refractivity contribution < 1.29 is 13.5 Å². The number of hydrogen-bond donors (Lipinski definition) is 1. The fourth-order valence-corrected chi connectivity index (χ4v) is 5.33. The van der Waals surface area contributed by atoms with Gasteiger partial charge in [0.05, 0.1) is 5.54 Å². The van der Waals surface area contributed by atoms with E-state index in [-0.39, 0.29) is 23.8 Å². The van der Waals surface area contributed by atoms with Crippen LogP contribution in [-0.4, -0.2) is 5.54 Å². The van der Waals surface area contributed by atoms with E-state index in [1.807, 2.05) is 12.1 Å². The molecule has 1 N–H and O–H groups in total. The Labute approximate surface area is 172 Å². The molecule has 0 saturated heterocycles. The molecule has 0 amide bonds. The van der Waals surface area contributed by atoms with Crippen molar-refractivity contribution in [2.45, 2.75) is 38.8 Å². The molecular weight excluding hydrogens is 388 g/mol. The van der Waals surface area contributed by atoms with Crippen LogP contribution in [0, 0.1) is 11.6 Å². The fourth-order valence-electron chi connectivity index (χ4n) is 4.67. The number of halogens is 2. The first kappa shape index (κ1) is 18.4. The third kappa shape index (κ3) is 2.87. The number of thiophene rings is 1. The van der Waals surface area contributed by atoms with Gasteiger partial charge in [-0.3, -0.25) is 0 Å². The maximum absolute atomic E-state index is 14.2. The van der Waals surface area contributed by atoms with E-state index in [4.69, 9.17) is 4.74 Å². The lowest BCUT2D eigenvalue weighted by Gasteiger charge is -2.42. The lowest BCUT2D eigenvalue weighted by molar-refractivity contribution is 0.284. The summed E-state index contributed by atoms with van der Waals surface area (Å²) in [6.07, 6.45) is 2.25. The molecule has 148 valence electrons. The summed E-state index contributed by atoms with van der Waals surface area (Å²) in [6, 6.07) is 10.4. The average Bonchev–Trinajstić information content (AvgIpc) is 3.17. The van der Waals surface area contributed by atoms with E-state index in [1.165, 1.54) is 16.5 Å². The van der Waals surface area contributed by atoms with Gasteiger partial charge in [-0.15, -0.1) is 11.3 Å². The Morgan fingerprint density at radius 1 is 1.17 bits per heavy atom. The number of nitrogens with one attached hydrogen (secondary N) is 1. The number of rotatable bonds is 1. The van der Waals surface area contributed by atoms with E-state index in [9.17, 15) is 8.78 Å². The lowest BCUT2D eigenvalue weighted by Crippen LogP contribution is -2.40. The van der Waals surface area contributed by atoms with Crippen molar-refractivity contribution >= 4 is 23.1 Å². The van der Waals surface area contributed by atoms with Gasteiger partial charge >= 0.3 is 0 Å². The monoisotopic (exact) mass is 409 g/mol. The van der Waals surface area contributed by atoms with Gasteiger partial charge in [0.2, 0.25) is 0 Å². The maximum Gasteiger partial charge on any atom is 0.168 e. The van der Waals surface area contributed by atoms with Crippen LogP contribution in [0.4, 0.5) is 14.5 Å². The Balaban J connectivity index is 1.71. The molecule has 0 saturated carbocycles. The first-order valence-electron chi connectivity index (χ1n) is 9.67. The Kier molecular flexibility index (Phi) is 4.07. The van der Waals surface area contributed by atoms with Crippen molar-refractivity contribution in [3.8, 4) is 16.9 Å². The minimum Gasteiger partial charge on any atom is -0.485 e. The number of ether oxygens (including phenoxy) is 1. The number of anilines is 1. The van der Waals surface area contributed by atoms with Crippen LogP contribution in [0.1, 0.15) is 42.7 Å². The summed E-state index contributed by atoms with van der Waals surface area (Å²) in [7, 11) is 0. The molecule has 1 unspecified atom stereocenters. The standard InChI is InChI=1S/C24H21F2NOS/c1-13-19(11-15-5-4-8-29-15)24(2,3)27-21-7-6-16-17-9-14(25)10-20(26)23(17)28-12-18(16)22(13)21/h4-11,13,27H,12H2,1-3H3. The van der Waals surface area contributed by atoms with E-state index >= 15 is 0 Å². The van der Waals surface area contributed by atoms with Crippen LogP contribution < -0.4 is 10.1 Å². The van der Waals surface area contributed by atoms with Gasteiger partial charge in [0.15, 0.2) is 11.6 Å². The lowest BCUT2D eigenvalue weighted by atomic mass is 9.73. The number of hydrogen-bond acceptors (Lipinski definition) is 3. The molecule has 2 aliphatic rings. The highest BCUT2D eigenvalue weighted by Gasteiger charge is 2.37. The van der Waals surface area contributed by atoms with Crippen LogP contribution in [0.25, 0.3) is 17.2 Å². The summed E-state index contributed by atoms with van der Waals surface area (Å²) in [5.41, 5.74) is 5.56. The smallest absolute Gasteiger partial charge is 0.168 e. The average molecular weight is 410 g/mol. The number of benzene rings is 2. The predicted octanol–water partition coefficient (Wildman–Crippen LogP) is 6.98. The van der Waals surface area contributed by atoms with Crippen molar-refractivity contribution in [2.24, 2.45) is 0 Å². The second-order valence-corrected chi connectivity index (χ2v) is 9.17. The second-order valence-electron chi connectivity index (χ2n) is 8.19. The Hall–Kier alpha value is -2.66. The van der Waals surface area contributed by atoms with Crippen LogP contribution in [0.3, 0.4) is 0 Å². The topological polar surface area (TPSA) is 21.3 Å². The Bertz CT molecular complexity index is 1150. The van der Waals surface area contributed by atoms with Crippen molar-refractivity contribution in [2.75, 3.05) is 5.32 Å². The van der Waals surface area contributed by atoms with Gasteiger partial charge in [0, 0.05) is 33.7 Å². The van der Waals surface area contributed by atoms with Crippen LogP contribution >= 0.6 is 11.3 Å². The van der Waals surface area contributed by atoms with Gasteiger partial charge in [0.25, 0.3) is 0 Å². The molecular formula is C24H21F2NOS. The van der Waals surface area contributed by atoms with Crippen molar-refractivity contribution in [3.63, 3.8) is 0 Å². The molecule has 5 heteroatoms. The molecule has 2 aliphatic heterocycles. The predicted molar refractivity (Wildman–Crippen MR) is 115 cm³/mol. The summed E-state index contributed by atoms with van der Waals surface area (Å²) in [5.74, 6) is -0.984. The first-order valence-corrected chi connectivity index (χ1v) is 10.5. The van der Waals surface area contributed by atoms with Gasteiger partial charge in [-0.1, -0.05) is 19.1 Å². The molecule has 0 fully saturated rings. The SMILES string of the molecule is CC1C(=Cc2cccs2)C(C)(C)Nc2ccc3c(c21)COc1c(F)cc(F)cc1-3. The summed E-state index contributed by atoms with van der Waals surface area (Å²) >= 11 is 1.71. The van der Waals surface area contributed by atoms with Crippen LogP contribution in [0.15, 0.2) is 47.4 Å². The zero-order valence-electron chi connectivity index (χ0n) is 16.5. The second kappa shape index (κ2) is 6.42. The highest BCUT2D eigenvalue weighted by atomic mass is 32.1. The normalized spacial score (nSPS) is 20.3. The van der Waals surface area contributed by atoms with Crippen molar-refractivity contribution in [3.05, 3.63) is 75.0 Å². The Morgan fingerprint density at radius 2 is 2.00 bits per heavy atom. The van der Waals surface area contributed by atoms with Crippen molar-refractivity contribution in [1.82, 2.24) is 0 Å². The third-order valence-corrected chi connectivity index (χ3v) is 6.75. The molecule has 0 radical (unpaired) electrons. The molecule has 29 heavy (non-hydrogen) atoms. The van der Waals surface area contributed by atoms with Gasteiger partial charge in [-0.25, -0.2) is 8.78 Å². The first-order chi connectivity index (χ1) is 13.8. The molecule has 3 heterocycles. The summed E-state index contributed by atoms with van der Waals surface area (Å²) in [6.45, 7) is 6.83. The number of fused-ring (bicyclic) bond motifs is 5. The summed E-state index contributed by atoms with van der Waals surface area (Å²) < 4.78 is 33.9. The fraction of sp³-hybridized carbons (Fsp3) is 0.250. The molecule has 0 spiro atoms. The minimum atomic E-state index is -0.658. The summed E-state index contributed by atoms with van der Waals surface area (Å²) in [5, 5.41) is 5.73. The van der Waals surface area contributed by atoms with Crippen LogP contribution in [0.2, 0.25) is 0 Å². The van der Waals surface area contributed by atoms with E-state index in [2.05, 4.69) is 49.7 Å². The van der Waals surface area contributed by atoms with E-state index in [1.54, 1.807) is 11.3 Å². The third-order valence-electron chi connectivity index (χ3n) is 5.93. The molecule has 0 aliphatic carbocycles. The largest absolute Gasteiger partial charge is 0.485 e. The molecule has 3 aromatic rings. The molecule has 1 atom stereocenters. The van der Waals surface area contributed by atoms with Gasteiger partial charge in [-0.05, 0) is 60.2 Å². The van der Waals surface area contributed by atoms with Gasteiger partial charge in [0.1, 0.15) is 12.4 Å². The molecule has 1 aromatic heterocycles. The van der Waals surface area contributed by atoms with Gasteiger partial charge < -0.3 is 10.1 Å². The van der Waals surface area contributed by atoms with Gasteiger partial charge in [-0.2, -0.15) is 0 Å². The minimum absolute atomic E-state index is 0.130. The van der Waals surface area contributed by atoms with E-state index < -0.39 is 11.6 Å². The maximum atomic E-state index is 14.2. The van der Waals surface area contributed by atoms with E-state index in [0.29, 0.717) is 5.56 Å². The summed E-state index contributed by atoms with van der Waals surface area (Å²) in [4.78, 5) is 1.21. The molecule has 5 rings (SSSR count). The van der Waals surface area contributed by atoms with Crippen LogP contribution in [-0.2, 0) is 6.61 Å². The van der Waals surface area contributed by atoms with E-state index in [0.717, 1.165) is 28.4 Å².